The number of nitrogens with two attached hydrogens (primary N) is 1. The number of nitrogens with one attached hydrogen (secondary N) is 2. The van der Waals surface area contributed by atoms with Crippen molar-refractivity contribution >= 4 is 23.8 Å². The summed E-state index contributed by atoms with van der Waals surface area (Å²) in [5.74, 6) is 3.59. The highest BCUT2D eigenvalue weighted by Crippen LogP contribution is 2.13. The van der Waals surface area contributed by atoms with Crippen molar-refractivity contribution in [2.75, 3.05) is 5.32 Å². The first-order chi connectivity index (χ1) is 15.0. The Balaban J connectivity index is 1.62. The number of carboxylic acids is 1. The van der Waals surface area contributed by atoms with E-state index in [4.69, 9.17) is 5.84 Å². The molecule has 2 aromatic carbocycles. The van der Waals surface area contributed by atoms with Crippen LogP contribution in [0, 0.1) is 0 Å². The quantitative estimate of drug-likeness (QED) is 0.240. The lowest BCUT2D eigenvalue weighted by Gasteiger charge is -2.15. The minimum atomic E-state index is -1.10. The standard InChI is InChI=1S/C23H23N5O3/c24-27-15-17-8-6-16(7-9-17)14-26-20-5-1-4-19(12-20)22(29)28-21(23(30)31)11-18-3-2-10-25-13-18/h1-10,12-13,15,21,26H,11,14,24H2,(H,28,29)(H,30,31). The van der Waals surface area contributed by atoms with Gasteiger partial charge in [0.15, 0.2) is 0 Å². The van der Waals surface area contributed by atoms with Gasteiger partial charge in [-0.15, -0.1) is 0 Å². The molecule has 0 saturated heterocycles. The molecule has 1 aromatic heterocycles. The van der Waals surface area contributed by atoms with Crippen LogP contribution in [-0.4, -0.2) is 34.2 Å². The molecule has 5 N–H and O–H groups in total. The summed E-state index contributed by atoms with van der Waals surface area (Å²) in [6.07, 6.45) is 4.91. The van der Waals surface area contributed by atoms with Crippen molar-refractivity contribution in [3.05, 3.63) is 95.3 Å². The molecule has 158 valence electrons. The molecule has 0 aliphatic heterocycles. The number of carboxylic acid groups (broad SMARTS) is 1. The van der Waals surface area contributed by atoms with E-state index in [2.05, 4.69) is 20.7 Å². The molecule has 8 heteroatoms. The lowest BCUT2D eigenvalue weighted by molar-refractivity contribution is -0.139. The Morgan fingerprint density at radius 1 is 1.10 bits per heavy atom. The monoisotopic (exact) mass is 417 g/mol. The van der Waals surface area contributed by atoms with Crippen LogP contribution >= 0.6 is 0 Å². The molecule has 1 heterocycles. The SMILES string of the molecule is NN=Cc1ccc(CNc2cccc(C(=O)NC(Cc3cccnc3)C(=O)O)c2)cc1. The molecule has 31 heavy (non-hydrogen) atoms. The van der Waals surface area contributed by atoms with Gasteiger partial charge in [0, 0.05) is 36.6 Å². The number of rotatable bonds is 9. The molecule has 0 spiro atoms. The summed E-state index contributed by atoms with van der Waals surface area (Å²) in [4.78, 5) is 28.2. The highest BCUT2D eigenvalue weighted by Gasteiger charge is 2.21. The molecule has 0 aliphatic carbocycles. The summed E-state index contributed by atoms with van der Waals surface area (Å²) in [6.45, 7) is 0.559. The number of pyridine rings is 1. The van der Waals surface area contributed by atoms with Crippen molar-refractivity contribution in [1.29, 1.82) is 0 Å². The number of amides is 1. The van der Waals surface area contributed by atoms with Crippen molar-refractivity contribution in [2.24, 2.45) is 10.9 Å². The third kappa shape index (κ3) is 6.40. The van der Waals surface area contributed by atoms with Gasteiger partial charge in [-0.3, -0.25) is 9.78 Å². The molecule has 0 bridgehead atoms. The van der Waals surface area contributed by atoms with Crippen LogP contribution in [0.4, 0.5) is 5.69 Å². The van der Waals surface area contributed by atoms with Crippen LogP contribution in [0.25, 0.3) is 0 Å². The first-order valence-electron chi connectivity index (χ1n) is 9.64. The lowest BCUT2D eigenvalue weighted by atomic mass is 10.1. The van der Waals surface area contributed by atoms with E-state index < -0.39 is 17.9 Å². The fourth-order valence-corrected chi connectivity index (χ4v) is 2.98. The summed E-state index contributed by atoms with van der Waals surface area (Å²) in [5, 5.41) is 18.8. The minimum absolute atomic E-state index is 0.151. The number of hydrogen-bond donors (Lipinski definition) is 4. The molecule has 1 unspecified atom stereocenters. The topological polar surface area (TPSA) is 130 Å². The average molecular weight is 417 g/mol. The molecular formula is C23H23N5O3. The van der Waals surface area contributed by atoms with Crippen LogP contribution in [-0.2, 0) is 17.8 Å². The molecule has 1 amide bonds. The van der Waals surface area contributed by atoms with E-state index in [0.717, 1.165) is 22.4 Å². The Bertz CT molecular complexity index is 1050. The molecule has 0 radical (unpaired) electrons. The van der Waals surface area contributed by atoms with E-state index in [1.54, 1.807) is 48.9 Å². The number of carbonyl (C=O) groups is 2. The Labute approximate surface area is 179 Å². The predicted molar refractivity (Wildman–Crippen MR) is 119 cm³/mol. The summed E-state index contributed by atoms with van der Waals surface area (Å²) >= 11 is 0. The molecule has 0 aliphatic rings. The first-order valence-corrected chi connectivity index (χ1v) is 9.64. The number of carbonyl (C=O) groups excluding carboxylic acids is 1. The van der Waals surface area contributed by atoms with Crippen LogP contribution in [0.15, 0.2) is 78.2 Å². The van der Waals surface area contributed by atoms with Crippen LogP contribution in [0.1, 0.15) is 27.0 Å². The van der Waals surface area contributed by atoms with E-state index in [9.17, 15) is 14.7 Å². The molecule has 8 nitrogen and oxygen atoms in total. The van der Waals surface area contributed by atoms with Gasteiger partial charge >= 0.3 is 5.97 Å². The number of aliphatic carboxylic acids is 1. The van der Waals surface area contributed by atoms with Crippen LogP contribution in [0.5, 0.6) is 0 Å². The molecule has 0 fully saturated rings. The maximum absolute atomic E-state index is 12.6. The Hall–Kier alpha value is -4.20. The second-order valence-electron chi connectivity index (χ2n) is 6.88. The zero-order chi connectivity index (χ0) is 22.1. The maximum Gasteiger partial charge on any atom is 0.326 e. The van der Waals surface area contributed by atoms with Crippen molar-refractivity contribution in [1.82, 2.24) is 10.3 Å². The summed E-state index contributed by atoms with van der Waals surface area (Å²) in [7, 11) is 0. The van der Waals surface area contributed by atoms with Gasteiger partial charge in [0.2, 0.25) is 0 Å². The highest BCUT2D eigenvalue weighted by atomic mass is 16.4. The van der Waals surface area contributed by atoms with Gasteiger partial charge in [0.1, 0.15) is 6.04 Å². The second kappa shape index (κ2) is 10.5. The van der Waals surface area contributed by atoms with E-state index in [0.29, 0.717) is 12.1 Å². The van der Waals surface area contributed by atoms with E-state index in [1.807, 2.05) is 30.3 Å². The summed E-state index contributed by atoms with van der Waals surface area (Å²) in [5.41, 5.74) is 3.81. The number of hydrazone groups is 1. The van der Waals surface area contributed by atoms with Crippen molar-refractivity contribution in [3.63, 3.8) is 0 Å². The first kappa shape index (κ1) is 21.5. The van der Waals surface area contributed by atoms with Gasteiger partial charge in [-0.05, 0) is 41.0 Å². The second-order valence-corrected chi connectivity index (χ2v) is 6.88. The molecule has 3 rings (SSSR count). The fourth-order valence-electron chi connectivity index (χ4n) is 2.98. The van der Waals surface area contributed by atoms with Gasteiger partial charge in [-0.25, -0.2) is 4.79 Å². The van der Waals surface area contributed by atoms with Crippen LogP contribution < -0.4 is 16.5 Å². The van der Waals surface area contributed by atoms with E-state index >= 15 is 0 Å². The van der Waals surface area contributed by atoms with Gasteiger partial charge < -0.3 is 21.6 Å². The lowest BCUT2D eigenvalue weighted by Crippen LogP contribution is -2.42. The smallest absolute Gasteiger partial charge is 0.326 e. The van der Waals surface area contributed by atoms with Crippen molar-refractivity contribution < 1.29 is 14.7 Å². The van der Waals surface area contributed by atoms with Crippen LogP contribution in [0.3, 0.4) is 0 Å². The summed E-state index contributed by atoms with van der Waals surface area (Å²) in [6, 6.07) is 17.1. The zero-order valence-electron chi connectivity index (χ0n) is 16.7. The Morgan fingerprint density at radius 2 is 1.90 bits per heavy atom. The number of anilines is 1. The highest BCUT2D eigenvalue weighted by molar-refractivity contribution is 5.97. The molecular weight excluding hydrogens is 394 g/mol. The van der Waals surface area contributed by atoms with E-state index in [-0.39, 0.29) is 6.42 Å². The predicted octanol–water partition coefficient (Wildman–Crippen LogP) is 2.41. The van der Waals surface area contributed by atoms with Gasteiger partial charge in [-0.1, -0.05) is 36.4 Å². The van der Waals surface area contributed by atoms with Crippen LogP contribution in [0.2, 0.25) is 0 Å². The number of benzene rings is 2. The molecule has 1 atom stereocenters. The molecule has 3 aromatic rings. The van der Waals surface area contributed by atoms with Gasteiger partial charge in [0.25, 0.3) is 5.91 Å². The third-order valence-corrected chi connectivity index (χ3v) is 4.59. The van der Waals surface area contributed by atoms with Gasteiger partial charge in [0.05, 0.1) is 6.21 Å². The van der Waals surface area contributed by atoms with Gasteiger partial charge in [-0.2, -0.15) is 5.10 Å². The van der Waals surface area contributed by atoms with Crippen molar-refractivity contribution in [2.45, 2.75) is 19.0 Å². The van der Waals surface area contributed by atoms with Crippen molar-refractivity contribution in [3.8, 4) is 0 Å². The number of aromatic nitrogens is 1. The van der Waals surface area contributed by atoms with E-state index in [1.165, 1.54) is 0 Å². The Kier molecular flexibility index (Phi) is 7.31. The Morgan fingerprint density at radius 3 is 2.58 bits per heavy atom. The number of nitrogens with zero attached hydrogens (tertiary/aromatic N) is 2. The largest absolute Gasteiger partial charge is 0.480 e. The number of hydrogen-bond acceptors (Lipinski definition) is 6. The third-order valence-electron chi connectivity index (χ3n) is 4.59. The minimum Gasteiger partial charge on any atom is -0.480 e. The summed E-state index contributed by atoms with van der Waals surface area (Å²) < 4.78 is 0. The maximum atomic E-state index is 12.6. The zero-order valence-corrected chi connectivity index (χ0v) is 16.7. The average Bonchev–Trinajstić information content (AvgIpc) is 2.79. The normalized spacial score (nSPS) is 11.7. The molecule has 0 saturated carbocycles. The fraction of sp³-hybridized carbons (Fsp3) is 0.130.